The van der Waals surface area contributed by atoms with Crippen LogP contribution in [0.25, 0.3) is 10.8 Å². The van der Waals surface area contributed by atoms with E-state index in [0.29, 0.717) is 11.3 Å². The SMILES string of the molecule is NC(=S)c1cc(F)ccc1Nc1cccc2ccncc12. The molecule has 0 saturated carbocycles. The summed E-state index contributed by atoms with van der Waals surface area (Å²) in [6, 6.07) is 12.1. The maximum absolute atomic E-state index is 13.3. The van der Waals surface area contributed by atoms with Crippen molar-refractivity contribution in [3.8, 4) is 0 Å². The molecule has 2 aromatic carbocycles. The van der Waals surface area contributed by atoms with Gasteiger partial charge in [0.05, 0.1) is 0 Å². The molecule has 0 unspecified atom stereocenters. The number of nitrogens with zero attached hydrogens (tertiary/aromatic N) is 1. The summed E-state index contributed by atoms with van der Waals surface area (Å²) in [6.07, 6.45) is 3.52. The number of fused-ring (bicyclic) bond motifs is 1. The van der Waals surface area contributed by atoms with E-state index in [-0.39, 0.29) is 10.8 Å². The van der Waals surface area contributed by atoms with Crippen molar-refractivity contribution >= 4 is 39.4 Å². The van der Waals surface area contributed by atoms with Gasteiger partial charge >= 0.3 is 0 Å². The van der Waals surface area contributed by atoms with E-state index in [0.717, 1.165) is 16.5 Å². The van der Waals surface area contributed by atoms with E-state index in [2.05, 4.69) is 10.3 Å². The number of halogens is 1. The van der Waals surface area contributed by atoms with Crippen molar-refractivity contribution in [1.82, 2.24) is 4.98 Å². The number of benzene rings is 2. The van der Waals surface area contributed by atoms with Crippen molar-refractivity contribution in [3.05, 3.63) is 66.2 Å². The molecule has 0 fully saturated rings. The van der Waals surface area contributed by atoms with Gasteiger partial charge in [-0.2, -0.15) is 0 Å². The van der Waals surface area contributed by atoms with Gasteiger partial charge in [-0.3, -0.25) is 4.98 Å². The summed E-state index contributed by atoms with van der Waals surface area (Å²) in [5.41, 5.74) is 7.67. The Morgan fingerprint density at radius 1 is 1.14 bits per heavy atom. The maximum atomic E-state index is 13.3. The van der Waals surface area contributed by atoms with Gasteiger partial charge in [0.25, 0.3) is 0 Å². The zero-order valence-corrected chi connectivity index (χ0v) is 11.8. The van der Waals surface area contributed by atoms with E-state index in [1.165, 1.54) is 12.1 Å². The lowest BCUT2D eigenvalue weighted by atomic mass is 10.1. The van der Waals surface area contributed by atoms with Gasteiger partial charge in [-0.05, 0) is 35.7 Å². The van der Waals surface area contributed by atoms with Crippen LogP contribution in [0.15, 0.2) is 54.9 Å². The second-order valence-electron chi connectivity index (χ2n) is 4.58. The molecule has 3 N–H and O–H groups in total. The molecule has 3 rings (SSSR count). The Labute approximate surface area is 126 Å². The number of aromatic nitrogens is 1. The van der Waals surface area contributed by atoms with Gasteiger partial charge in [0.15, 0.2) is 0 Å². The number of hydrogen-bond acceptors (Lipinski definition) is 3. The first-order valence-corrected chi connectivity index (χ1v) is 6.75. The normalized spacial score (nSPS) is 10.5. The van der Waals surface area contributed by atoms with Crippen LogP contribution in [0.4, 0.5) is 15.8 Å². The third kappa shape index (κ3) is 2.68. The van der Waals surface area contributed by atoms with Crippen molar-refractivity contribution < 1.29 is 4.39 Å². The first-order chi connectivity index (χ1) is 10.1. The minimum atomic E-state index is -0.372. The van der Waals surface area contributed by atoms with Gasteiger partial charge < -0.3 is 11.1 Å². The van der Waals surface area contributed by atoms with Crippen LogP contribution in [0.1, 0.15) is 5.56 Å². The zero-order chi connectivity index (χ0) is 14.8. The minimum Gasteiger partial charge on any atom is -0.389 e. The molecule has 0 aliphatic carbocycles. The van der Waals surface area contributed by atoms with Crippen molar-refractivity contribution in [2.24, 2.45) is 5.73 Å². The van der Waals surface area contributed by atoms with E-state index < -0.39 is 0 Å². The third-order valence-corrected chi connectivity index (χ3v) is 3.42. The maximum Gasteiger partial charge on any atom is 0.124 e. The summed E-state index contributed by atoms with van der Waals surface area (Å²) in [6.45, 7) is 0. The Kier molecular flexibility index (Phi) is 3.50. The van der Waals surface area contributed by atoms with Crippen LogP contribution in [0, 0.1) is 5.82 Å². The molecule has 0 spiro atoms. The van der Waals surface area contributed by atoms with Gasteiger partial charge in [-0.25, -0.2) is 4.39 Å². The fourth-order valence-corrected chi connectivity index (χ4v) is 2.37. The second-order valence-corrected chi connectivity index (χ2v) is 5.02. The predicted octanol–water partition coefficient (Wildman–Crippen LogP) is 3.75. The summed E-state index contributed by atoms with van der Waals surface area (Å²) >= 11 is 4.98. The topological polar surface area (TPSA) is 50.9 Å². The number of hydrogen-bond donors (Lipinski definition) is 2. The molecule has 0 amide bonds. The lowest BCUT2D eigenvalue weighted by Gasteiger charge is -2.13. The molecule has 0 atom stereocenters. The number of rotatable bonds is 3. The molecular weight excluding hydrogens is 285 g/mol. The number of anilines is 2. The van der Waals surface area contributed by atoms with Gasteiger partial charge in [0.1, 0.15) is 10.8 Å². The van der Waals surface area contributed by atoms with Crippen molar-refractivity contribution in [1.29, 1.82) is 0 Å². The Balaban J connectivity index is 2.09. The van der Waals surface area contributed by atoms with E-state index in [9.17, 15) is 4.39 Å². The molecule has 3 nitrogen and oxygen atoms in total. The van der Waals surface area contributed by atoms with E-state index in [4.69, 9.17) is 18.0 Å². The highest BCUT2D eigenvalue weighted by molar-refractivity contribution is 7.80. The van der Waals surface area contributed by atoms with Crippen molar-refractivity contribution in [3.63, 3.8) is 0 Å². The van der Waals surface area contributed by atoms with Gasteiger partial charge in [0, 0.05) is 34.7 Å². The molecule has 0 radical (unpaired) electrons. The summed E-state index contributed by atoms with van der Waals surface area (Å²) in [5.74, 6) is -0.372. The first-order valence-electron chi connectivity index (χ1n) is 6.34. The highest BCUT2D eigenvalue weighted by Gasteiger charge is 2.08. The van der Waals surface area contributed by atoms with Crippen LogP contribution >= 0.6 is 12.2 Å². The van der Waals surface area contributed by atoms with Crippen LogP contribution in [-0.2, 0) is 0 Å². The highest BCUT2D eigenvalue weighted by atomic mass is 32.1. The van der Waals surface area contributed by atoms with E-state index >= 15 is 0 Å². The summed E-state index contributed by atoms with van der Waals surface area (Å²) in [4.78, 5) is 4.28. The molecule has 3 aromatic rings. The summed E-state index contributed by atoms with van der Waals surface area (Å²) in [5, 5.41) is 5.28. The standard InChI is InChI=1S/C16H12FN3S/c17-11-4-5-15(12(8-11)16(18)21)20-14-3-1-2-10-6-7-19-9-13(10)14/h1-9,20H,(H2,18,21). The van der Waals surface area contributed by atoms with Crippen LogP contribution < -0.4 is 11.1 Å². The number of nitrogens with two attached hydrogens (primary N) is 1. The molecule has 1 aromatic heterocycles. The summed E-state index contributed by atoms with van der Waals surface area (Å²) in [7, 11) is 0. The Bertz CT molecular complexity index is 827. The van der Waals surface area contributed by atoms with Gasteiger partial charge in [-0.1, -0.05) is 24.4 Å². The molecule has 5 heteroatoms. The Morgan fingerprint density at radius 2 is 2.00 bits per heavy atom. The zero-order valence-electron chi connectivity index (χ0n) is 11.0. The highest BCUT2D eigenvalue weighted by Crippen LogP contribution is 2.27. The van der Waals surface area contributed by atoms with Crippen LogP contribution in [-0.4, -0.2) is 9.97 Å². The van der Waals surface area contributed by atoms with E-state index in [1.807, 2.05) is 24.3 Å². The number of thiocarbonyl (C=S) groups is 1. The fraction of sp³-hybridized carbons (Fsp3) is 0. The van der Waals surface area contributed by atoms with Crippen LogP contribution in [0.3, 0.4) is 0 Å². The molecule has 0 aliphatic heterocycles. The van der Waals surface area contributed by atoms with Crippen molar-refractivity contribution in [2.75, 3.05) is 5.32 Å². The van der Waals surface area contributed by atoms with Crippen LogP contribution in [0.5, 0.6) is 0 Å². The third-order valence-electron chi connectivity index (χ3n) is 3.20. The second kappa shape index (κ2) is 5.46. The molecule has 0 saturated heterocycles. The Morgan fingerprint density at radius 3 is 2.81 bits per heavy atom. The smallest absolute Gasteiger partial charge is 0.124 e. The summed E-state index contributed by atoms with van der Waals surface area (Å²) < 4.78 is 13.3. The first kappa shape index (κ1) is 13.5. The lowest BCUT2D eigenvalue weighted by Crippen LogP contribution is -2.12. The fourth-order valence-electron chi connectivity index (χ4n) is 2.20. The van der Waals surface area contributed by atoms with Gasteiger partial charge in [0.2, 0.25) is 0 Å². The van der Waals surface area contributed by atoms with E-state index in [1.54, 1.807) is 18.5 Å². The minimum absolute atomic E-state index is 0.148. The van der Waals surface area contributed by atoms with Crippen molar-refractivity contribution in [2.45, 2.75) is 0 Å². The molecule has 21 heavy (non-hydrogen) atoms. The lowest BCUT2D eigenvalue weighted by molar-refractivity contribution is 0.628. The predicted molar refractivity (Wildman–Crippen MR) is 87.3 cm³/mol. The number of nitrogens with one attached hydrogen (secondary N) is 1. The molecule has 1 heterocycles. The average Bonchev–Trinajstić information content (AvgIpc) is 2.49. The quantitative estimate of drug-likeness (QED) is 0.723. The number of pyridine rings is 1. The molecule has 0 bridgehead atoms. The molecule has 0 aliphatic rings. The monoisotopic (exact) mass is 297 g/mol. The molecule has 104 valence electrons. The largest absolute Gasteiger partial charge is 0.389 e. The Hall–Kier alpha value is -2.53. The van der Waals surface area contributed by atoms with Crippen LogP contribution in [0.2, 0.25) is 0 Å². The average molecular weight is 297 g/mol. The van der Waals surface area contributed by atoms with Gasteiger partial charge in [-0.15, -0.1) is 0 Å². The molecular formula is C16H12FN3S.